The Morgan fingerprint density at radius 2 is 2.32 bits per heavy atom. The Hall–Kier alpha value is -1.88. The molecule has 0 saturated carbocycles. The Labute approximate surface area is 133 Å². The predicted molar refractivity (Wildman–Crippen MR) is 89.6 cm³/mol. The van der Waals surface area contributed by atoms with E-state index in [0.29, 0.717) is 6.04 Å². The first-order valence-electron chi connectivity index (χ1n) is 7.85. The van der Waals surface area contributed by atoms with E-state index < -0.39 is 0 Å². The summed E-state index contributed by atoms with van der Waals surface area (Å²) in [6, 6.07) is 4.32. The lowest BCUT2D eigenvalue weighted by Gasteiger charge is -2.14. The molecule has 0 radical (unpaired) electrons. The second kappa shape index (κ2) is 5.72. The van der Waals surface area contributed by atoms with Gasteiger partial charge in [-0.15, -0.1) is 11.3 Å². The topological polar surface area (TPSA) is 51.0 Å². The molecule has 4 nitrogen and oxygen atoms in total. The van der Waals surface area contributed by atoms with E-state index in [-0.39, 0.29) is 0 Å². The molecule has 0 spiro atoms. The zero-order valence-electron chi connectivity index (χ0n) is 12.6. The summed E-state index contributed by atoms with van der Waals surface area (Å²) < 4.78 is 5.40. The average molecular weight is 313 g/mol. The molecule has 3 heterocycles. The monoisotopic (exact) mass is 313 g/mol. The summed E-state index contributed by atoms with van der Waals surface area (Å²) in [7, 11) is 0. The quantitative estimate of drug-likeness (QED) is 0.766. The lowest BCUT2D eigenvalue weighted by Crippen LogP contribution is -2.17. The Morgan fingerprint density at radius 3 is 3.18 bits per heavy atom. The minimum absolute atomic E-state index is 0.347. The molecule has 0 unspecified atom stereocenters. The molecule has 0 aliphatic heterocycles. The zero-order valence-corrected chi connectivity index (χ0v) is 13.4. The van der Waals surface area contributed by atoms with Gasteiger partial charge in [0.2, 0.25) is 0 Å². The van der Waals surface area contributed by atoms with Gasteiger partial charge < -0.3 is 9.73 Å². The number of furan rings is 1. The average Bonchev–Trinajstić information content (AvgIpc) is 3.22. The van der Waals surface area contributed by atoms with Crippen LogP contribution in [0.2, 0.25) is 0 Å². The normalized spacial score (nSPS) is 15.1. The van der Waals surface area contributed by atoms with Gasteiger partial charge in [0.05, 0.1) is 11.6 Å². The molecule has 3 aromatic rings. The number of thiophene rings is 1. The highest BCUT2D eigenvalue weighted by Crippen LogP contribution is 2.39. The van der Waals surface area contributed by atoms with Crippen LogP contribution in [0.1, 0.15) is 36.0 Å². The Bertz CT molecular complexity index is 779. The number of nitrogens with zero attached hydrogens (tertiary/aromatic N) is 2. The van der Waals surface area contributed by atoms with Crippen molar-refractivity contribution in [3.8, 4) is 0 Å². The van der Waals surface area contributed by atoms with E-state index in [2.05, 4.69) is 22.2 Å². The molecule has 0 saturated heterocycles. The van der Waals surface area contributed by atoms with Gasteiger partial charge in [-0.2, -0.15) is 0 Å². The van der Waals surface area contributed by atoms with Crippen LogP contribution in [0.4, 0.5) is 5.82 Å². The standard InChI is InChI=1S/C17H19N3OS/c1-11(7-8-12-4-3-9-21-12)20-16-15-13-5-2-6-14(13)22-17(15)19-10-18-16/h3-4,9-11H,2,5-8H2,1H3,(H,18,19,20)/t11-/m0/s1. The minimum Gasteiger partial charge on any atom is -0.469 e. The number of fused-ring (bicyclic) bond motifs is 3. The molecule has 114 valence electrons. The van der Waals surface area contributed by atoms with E-state index in [1.165, 1.54) is 28.7 Å². The van der Waals surface area contributed by atoms with Crippen molar-refractivity contribution in [2.75, 3.05) is 5.32 Å². The third-order valence-electron chi connectivity index (χ3n) is 4.29. The summed E-state index contributed by atoms with van der Waals surface area (Å²) in [6.45, 7) is 2.20. The Balaban J connectivity index is 1.53. The molecule has 1 N–H and O–H groups in total. The van der Waals surface area contributed by atoms with Crippen molar-refractivity contribution in [1.82, 2.24) is 9.97 Å². The van der Waals surface area contributed by atoms with Crippen molar-refractivity contribution in [2.24, 2.45) is 0 Å². The SMILES string of the molecule is C[C@@H](CCc1ccco1)Nc1ncnc2sc3c(c12)CCC3. The van der Waals surface area contributed by atoms with Gasteiger partial charge in [-0.1, -0.05) is 0 Å². The van der Waals surface area contributed by atoms with E-state index in [9.17, 15) is 0 Å². The van der Waals surface area contributed by atoms with E-state index in [0.717, 1.165) is 35.7 Å². The molecule has 0 amide bonds. The number of hydrogen-bond acceptors (Lipinski definition) is 5. The molecule has 0 aromatic carbocycles. The number of hydrogen-bond donors (Lipinski definition) is 1. The lowest BCUT2D eigenvalue weighted by molar-refractivity contribution is 0.495. The van der Waals surface area contributed by atoms with E-state index in [1.54, 1.807) is 12.6 Å². The molecule has 22 heavy (non-hydrogen) atoms. The van der Waals surface area contributed by atoms with Crippen LogP contribution in [0, 0.1) is 0 Å². The van der Waals surface area contributed by atoms with Crippen molar-refractivity contribution < 1.29 is 4.42 Å². The van der Waals surface area contributed by atoms with E-state index in [4.69, 9.17) is 4.42 Å². The van der Waals surface area contributed by atoms with Crippen LogP contribution in [0.5, 0.6) is 0 Å². The third-order valence-corrected chi connectivity index (χ3v) is 5.49. The van der Waals surface area contributed by atoms with Crippen molar-refractivity contribution in [3.05, 3.63) is 40.9 Å². The lowest BCUT2D eigenvalue weighted by atomic mass is 10.1. The van der Waals surface area contributed by atoms with Gasteiger partial charge in [0.15, 0.2) is 0 Å². The molecular formula is C17H19N3OS. The van der Waals surface area contributed by atoms with Crippen LogP contribution >= 0.6 is 11.3 Å². The molecule has 5 heteroatoms. The maximum absolute atomic E-state index is 5.40. The highest BCUT2D eigenvalue weighted by Gasteiger charge is 2.21. The molecular weight excluding hydrogens is 294 g/mol. The van der Waals surface area contributed by atoms with Crippen molar-refractivity contribution in [1.29, 1.82) is 0 Å². The van der Waals surface area contributed by atoms with Gasteiger partial charge in [0.25, 0.3) is 0 Å². The molecule has 1 aliphatic carbocycles. The largest absolute Gasteiger partial charge is 0.469 e. The first-order valence-corrected chi connectivity index (χ1v) is 8.67. The minimum atomic E-state index is 0.347. The van der Waals surface area contributed by atoms with Crippen LogP contribution in [-0.2, 0) is 19.3 Å². The molecule has 0 bridgehead atoms. The van der Waals surface area contributed by atoms with Crippen LogP contribution in [-0.4, -0.2) is 16.0 Å². The maximum Gasteiger partial charge on any atom is 0.138 e. The van der Waals surface area contributed by atoms with E-state index in [1.807, 2.05) is 23.5 Å². The van der Waals surface area contributed by atoms with Crippen LogP contribution < -0.4 is 5.32 Å². The van der Waals surface area contributed by atoms with Gasteiger partial charge in [-0.3, -0.25) is 0 Å². The van der Waals surface area contributed by atoms with Gasteiger partial charge in [0, 0.05) is 17.3 Å². The van der Waals surface area contributed by atoms with Gasteiger partial charge in [0.1, 0.15) is 22.7 Å². The molecule has 1 aliphatic rings. The molecule has 0 fully saturated rings. The first kappa shape index (κ1) is 13.8. The van der Waals surface area contributed by atoms with E-state index >= 15 is 0 Å². The summed E-state index contributed by atoms with van der Waals surface area (Å²) in [5.74, 6) is 2.04. The van der Waals surface area contributed by atoms with Gasteiger partial charge in [-0.25, -0.2) is 9.97 Å². The fourth-order valence-corrected chi connectivity index (χ4v) is 4.39. The second-order valence-corrected chi connectivity index (χ2v) is 7.01. The fraction of sp³-hybridized carbons (Fsp3) is 0.412. The fourth-order valence-electron chi connectivity index (χ4n) is 3.16. The third kappa shape index (κ3) is 2.50. The van der Waals surface area contributed by atoms with Crippen LogP contribution in [0.3, 0.4) is 0 Å². The van der Waals surface area contributed by atoms with Crippen LogP contribution in [0.15, 0.2) is 29.1 Å². The van der Waals surface area contributed by atoms with Crippen molar-refractivity contribution >= 4 is 27.4 Å². The summed E-state index contributed by atoms with van der Waals surface area (Å²) in [6.07, 6.45) is 9.00. The van der Waals surface area contributed by atoms with Crippen molar-refractivity contribution in [3.63, 3.8) is 0 Å². The highest BCUT2D eigenvalue weighted by molar-refractivity contribution is 7.19. The predicted octanol–water partition coefficient (Wildman–Crippen LogP) is 4.21. The molecule has 4 rings (SSSR count). The highest BCUT2D eigenvalue weighted by atomic mass is 32.1. The smallest absolute Gasteiger partial charge is 0.138 e. The molecule has 1 atom stereocenters. The molecule has 3 aromatic heterocycles. The maximum atomic E-state index is 5.40. The number of rotatable bonds is 5. The van der Waals surface area contributed by atoms with Gasteiger partial charge >= 0.3 is 0 Å². The van der Waals surface area contributed by atoms with Crippen molar-refractivity contribution in [2.45, 2.75) is 45.1 Å². The summed E-state index contributed by atoms with van der Waals surface area (Å²) in [5.41, 5.74) is 1.47. The van der Waals surface area contributed by atoms with Gasteiger partial charge in [-0.05, 0) is 50.3 Å². The zero-order chi connectivity index (χ0) is 14.9. The first-order chi connectivity index (χ1) is 10.8. The number of nitrogens with one attached hydrogen (secondary N) is 1. The summed E-state index contributed by atoms with van der Waals surface area (Å²) >= 11 is 1.83. The van der Waals surface area contributed by atoms with Crippen LogP contribution in [0.25, 0.3) is 10.2 Å². The number of aryl methyl sites for hydroxylation is 3. The Kier molecular flexibility index (Phi) is 3.58. The summed E-state index contributed by atoms with van der Waals surface area (Å²) in [4.78, 5) is 11.6. The number of anilines is 1. The second-order valence-electron chi connectivity index (χ2n) is 5.92. The Morgan fingerprint density at radius 1 is 1.36 bits per heavy atom. The number of aromatic nitrogens is 2. The summed E-state index contributed by atoms with van der Waals surface area (Å²) in [5, 5.41) is 4.83.